The Labute approximate surface area is 700 Å². The molecule has 9 aliphatic heterocycles. The van der Waals surface area contributed by atoms with E-state index in [0.717, 1.165) is 34.6 Å². The molecular formula is C70H119N7O46. The van der Waals surface area contributed by atoms with Crippen LogP contribution in [0.1, 0.15) is 60.3 Å². The zero-order valence-corrected chi connectivity index (χ0v) is 67.1. The van der Waals surface area contributed by atoms with Gasteiger partial charge in [-0.1, -0.05) is 6.42 Å². The Balaban J connectivity index is 1.16. The summed E-state index contributed by atoms with van der Waals surface area (Å²) < 4.78 is 105. The average Bonchev–Trinajstić information content (AvgIpc) is 0.755. The smallest absolute Gasteiger partial charge is 0.222 e. The molecule has 9 saturated heterocycles. The maximum atomic E-state index is 13.6. The maximum absolute atomic E-state index is 13.6. The lowest BCUT2D eigenvalue weighted by molar-refractivity contribution is -0.407. The van der Waals surface area contributed by atoms with Crippen LogP contribution in [0.15, 0.2) is 0 Å². The molecule has 9 aliphatic rings. The number of nitrogens with one attached hydrogen (secondary N) is 6. The zero-order valence-electron chi connectivity index (χ0n) is 67.1. The molecule has 53 nitrogen and oxygen atoms in total. The van der Waals surface area contributed by atoms with Crippen LogP contribution in [0.2, 0.25) is 0 Å². The highest BCUT2D eigenvalue weighted by molar-refractivity contribution is 5.77. The Morgan fingerprint density at radius 2 is 0.561 bits per heavy atom. The number of hydrogen-bond acceptors (Lipinski definition) is 47. The summed E-state index contributed by atoms with van der Waals surface area (Å²) in [5, 5.41) is 274. The van der Waals surface area contributed by atoms with Gasteiger partial charge >= 0.3 is 0 Å². The van der Waals surface area contributed by atoms with Gasteiger partial charge in [-0.05, 0) is 19.4 Å². The van der Waals surface area contributed by atoms with Crippen molar-refractivity contribution in [1.82, 2.24) is 31.9 Å². The number of aliphatic hydroxyl groups excluding tert-OH is 23. The van der Waals surface area contributed by atoms with Gasteiger partial charge in [-0.2, -0.15) is 0 Å². The van der Waals surface area contributed by atoms with Crippen LogP contribution in [0.25, 0.3) is 0 Å². The molecule has 45 atom stereocenters. The molecule has 0 saturated carbocycles. The lowest BCUT2D eigenvalue weighted by Gasteiger charge is -2.52. The molecule has 0 unspecified atom stereocenters. The van der Waals surface area contributed by atoms with E-state index in [-0.39, 0.29) is 6.42 Å². The second-order valence-corrected chi connectivity index (χ2v) is 31.1. The van der Waals surface area contributed by atoms with Crippen LogP contribution < -0.4 is 37.6 Å². The van der Waals surface area contributed by atoms with E-state index in [1.54, 1.807) is 0 Å². The number of ether oxygens (including phenoxy) is 17. The fourth-order valence-corrected chi connectivity index (χ4v) is 15.7. The Morgan fingerprint density at radius 1 is 0.260 bits per heavy atom. The van der Waals surface area contributed by atoms with Gasteiger partial charge in [0.25, 0.3) is 0 Å². The molecule has 9 heterocycles. The van der Waals surface area contributed by atoms with Crippen molar-refractivity contribution in [3.63, 3.8) is 0 Å². The fraction of sp³-hybridized carbons (Fsp3) is 0.914. The topological polar surface area (TPSA) is 823 Å². The number of aliphatic hydroxyl groups is 23. The first-order chi connectivity index (χ1) is 58.3. The lowest BCUT2D eigenvalue weighted by Crippen LogP contribution is -2.72. The second-order valence-electron chi connectivity index (χ2n) is 31.1. The molecule has 53 heteroatoms. The molecule has 31 N–H and O–H groups in total. The second kappa shape index (κ2) is 46.1. The molecule has 0 spiro atoms. The van der Waals surface area contributed by atoms with E-state index in [1.807, 2.05) is 0 Å². The number of hydrogen-bond donors (Lipinski definition) is 30. The van der Waals surface area contributed by atoms with Crippen molar-refractivity contribution in [3.8, 4) is 0 Å². The predicted molar refractivity (Wildman–Crippen MR) is 388 cm³/mol. The molecule has 9 rings (SSSR count). The van der Waals surface area contributed by atoms with Gasteiger partial charge in [0, 0.05) is 41.0 Å². The number of rotatable bonds is 36. The molecule has 6 amide bonds. The average molecular weight is 1790 g/mol. The van der Waals surface area contributed by atoms with E-state index in [0.29, 0.717) is 25.8 Å². The molecule has 0 aromatic heterocycles. The van der Waals surface area contributed by atoms with Crippen molar-refractivity contribution >= 4 is 35.4 Å². The minimum atomic E-state index is -2.73. The molecule has 123 heavy (non-hydrogen) atoms. The van der Waals surface area contributed by atoms with E-state index >= 15 is 0 Å². The van der Waals surface area contributed by atoms with Crippen molar-refractivity contribution in [2.24, 2.45) is 5.73 Å². The Morgan fingerprint density at radius 3 is 0.984 bits per heavy atom. The van der Waals surface area contributed by atoms with Crippen LogP contribution in [-0.4, -0.2) is 495 Å². The van der Waals surface area contributed by atoms with Gasteiger partial charge in [-0.15, -0.1) is 0 Å². The summed E-state index contributed by atoms with van der Waals surface area (Å²) in [6.07, 6.45) is -84.2. The number of amides is 6. The summed E-state index contributed by atoms with van der Waals surface area (Å²) in [5.74, 6) is -5.33. The summed E-state index contributed by atoms with van der Waals surface area (Å²) in [6.45, 7) is -5.03. The Kier molecular flexibility index (Phi) is 38.2. The largest absolute Gasteiger partial charge is 0.394 e. The minimum Gasteiger partial charge on any atom is -0.394 e. The fourth-order valence-electron chi connectivity index (χ4n) is 15.7. The SMILES string of the molecule is CC(=O)N[C@@H]1[C@@H](O)[C@H](O[C@@H]2O[C@H](CO)[C@@H](O[C@@H]3O[C@H](CO[C@H]4O[C@H](CO)[C@@H](O)[C@H](O)[C@@H]4O[C@@H]4O[C@H](CO)[C@@H](O)[C@H](O)[C@H]4NC(C)=O)[C@@H](O[C@@H]4O[C@H](CO)[C@@H](O)[C@H](O)[C@H]4NC(C)=O)[C@H](O[C@H]4O[C@H](CO)[C@@H](O)[C@H](O)[C@@H]4O[C@@H]4O[C@H](CO)[C@@H](O)[C@H](O)[C@H]4NC(C)=O)[C@@H]3O)[C@H](O)[C@H]2NC(C)=O)[C@@H](CO[C@@H]2O[C@@H](CO)[C@@H](O)[C@@H](O)[C@@H]2O)O[C@H]1NC(=O)CCCCCN. The molecular weight excluding hydrogens is 1670 g/mol. The Bertz CT molecular complexity index is 3330. The monoisotopic (exact) mass is 1790 g/mol. The molecule has 0 aromatic rings. The summed E-state index contributed by atoms with van der Waals surface area (Å²) in [6, 6.07) is -9.48. The van der Waals surface area contributed by atoms with Crippen molar-refractivity contribution in [2.75, 3.05) is 66.0 Å². The van der Waals surface area contributed by atoms with Gasteiger partial charge in [-0.3, -0.25) is 28.8 Å². The van der Waals surface area contributed by atoms with E-state index in [1.165, 1.54) is 0 Å². The maximum Gasteiger partial charge on any atom is 0.222 e. The molecule has 0 radical (unpaired) electrons. The van der Waals surface area contributed by atoms with E-state index in [2.05, 4.69) is 31.9 Å². The quantitative estimate of drug-likeness (QED) is 0.0259. The van der Waals surface area contributed by atoms with Crippen LogP contribution >= 0.6 is 0 Å². The van der Waals surface area contributed by atoms with E-state index in [4.69, 9.17) is 86.3 Å². The van der Waals surface area contributed by atoms with Gasteiger partial charge in [-0.25, -0.2) is 0 Å². The molecule has 0 bridgehead atoms. The predicted octanol–water partition coefficient (Wildman–Crippen LogP) is -19.3. The summed E-state index contributed by atoms with van der Waals surface area (Å²) >= 11 is 0. The van der Waals surface area contributed by atoms with Crippen LogP contribution in [0.3, 0.4) is 0 Å². The van der Waals surface area contributed by atoms with Crippen molar-refractivity contribution < 1.29 is 227 Å². The summed E-state index contributed by atoms with van der Waals surface area (Å²) in [5.41, 5.74) is 5.65. The first kappa shape index (κ1) is 102. The third-order valence-electron chi connectivity index (χ3n) is 22.2. The van der Waals surface area contributed by atoms with Gasteiger partial charge in [0.2, 0.25) is 35.4 Å². The standard InChI is InChI=1S/C70H119N7O46/c1-20(85)72-35-49(100)57(32(109-62(35)77-34(90)9-7-6-8-10-71)18-107-67-54(105)51(102)43(94)28(14-81)113-67)118-66-39(76-24(5)89)50(101)56(31(17-84)116-66)119-68-55(106)59(121-70-61(53(104)45(96)30(16-83)115-70)123-65-38(75-23(4)88)48(99)42(93)27(13-80)112-65)58(120-63-36(73-21(2)86)46(97)40(91)25(11-78)110-63)33(117-68)19-108-69-60(52(103)44(95)29(15-82)114-69)122-64-37(74-22(3)87)47(98)41(92)26(12-79)111-64/h25-33,35-70,78-84,91-106H,6-19,71H2,1-5H3,(H,72,85)(H,73,86)(H,74,87)(H,75,88)(H,76,89)(H,77,90)/t25-,26-,27-,28+,29-,30-,31-,32-,33-,35-,36-,37-,38-,39-,40-,41-,42-,43-,44-,45-,46-,47-,48-,49-,50-,51-,52+,53+,54+,55+,56-,57-,58-,59-,60+,61+,62-,63+,64+,65+,66+,67-,68+,69+,70-/m1/s1. The number of carbonyl (C=O) groups is 6. The van der Waals surface area contributed by atoms with Gasteiger partial charge in [0.1, 0.15) is 219 Å². The van der Waals surface area contributed by atoms with Gasteiger partial charge in [0.05, 0.1) is 59.5 Å². The lowest BCUT2D eigenvalue weighted by atomic mass is 9.93. The molecule has 0 aromatic carbocycles. The van der Waals surface area contributed by atoms with Crippen molar-refractivity contribution in [3.05, 3.63) is 0 Å². The van der Waals surface area contributed by atoms with Crippen LogP contribution in [0.4, 0.5) is 0 Å². The number of unbranched alkanes of at least 4 members (excludes halogenated alkanes) is 2. The van der Waals surface area contributed by atoms with Crippen LogP contribution in [-0.2, 0) is 109 Å². The molecule has 9 fully saturated rings. The van der Waals surface area contributed by atoms with Gasteiger partial charge < -0.3 is 236 Å². The zero-order chi connectivity index (χ0) is 90.6. The van der Waals surface area contributed by atoms with E-state index in [9.17, 15) is 146 Å². The molecule has 0 aliphatic carbocycles. The summed E-state index contributed by atoms with van der Waals surface area (Å²) in [4.78, 5) is 78.6. The first-order valence-corrected chi connectivity index (χ1v) is 39.9. The third-order valence-corrected chi connectivity index (χ3v) is 22.2. The van der Waals surface area contributed by atoms with Crippen molar-refractivity contribution in [2.45, 2.75) is 336 Å². The highest BCUT2D eigenvalue weighted by Crippen LogP contribution is 2.41. The van der Waals surface area contributed by atoms with Crippen molar-refractivity contribution in [1.29, 1.82) is 0 Å². The summed E-state index contributed by atoms with van der Waals surface area (Å²) in [7, 11) is 0. The third kappa shape index (κ3) is 24.3. The van der Waals surface area contributed by atoms with Gasteiger partial charge in [0.15, 0.2) is 56.5 Å². The minimum absolute atomic E-state index is 0.151. The van der Waals surface area contributed by atoms with E-state index < -0.39 is 371 Å². The molecule has 710 valence electrons. The normalized spacial score (nSPS) is 45.5. The Hall–Kier alpha value is -4.82. The number of nitrogens with two attached hydrogens (primary N) is 1. The van der Waals surface area contributed by atoms with Crippen LogP contribution in [0.5, 0.6) is 0 Å². The first-order valence-electron chi connectivity index (χ1n) is 39.9. The highest BCUT2D eigenvalue weighted by Gasteiger charge is 2.62. The highest BCUT2D eigenvalue weighted by atomic mass is 16.8. The number of carbonyl (C=O) groups excluding carboxylic acids is 6. The van der Waals surface area contributed by atoms with Crippen LogP contribution in [0, 0.1) is 0 Å².